The van der Waals surface area contributed by atoms with Gasteiger partial charge in [0.25, 0.3) is 0 Å². The van der Waals surface area contributed by atoms with Gasteiger partial charge in [0.05, 0.1) is 31.9 Å². The molecule has 4 aromatic rings. The van der Waals surface area contributed by atoms with Crippen LogP contribution in [0.25, 0.3) is 21.9 Å². The molecule has 0 atom stereocenters. The number of rotatable bonds is 5. The van der Waals surface area contributed by atoms with Gasteiger partial charge in [0.1, 0.15) is 17.8 Å². The summed E-state index contributed by atoms with van der Waals surface area (Å²) in [4.78, 5) is 33.0. The van der Waals surface area contributed by atoms with E-state index in [1.807, 2.05) is 18.2 Å². The summed E-state index contributed by atoms with van der Waals surface area (Å²) in [5, 5.41) is 5.40. The molecule has 33 heavy (non-hydrogen) atoms. The third-order valence-corrected chi connectivity index (χ3v) is 6.45. The normalized spacial score (nSPS) is 15.1. The number of nitrogens with zero attached hydrogens (tertiary/aromatic N) is 2. The fourth-order valence-electron chi connectivity index (χ4n) is 4.56. The number of ether oxygens (including phenoxy) is 1. The summed E-state index contributed by atoms with van der Waals surface area (Å²) < 4.78 is 6.38. The number of fused-ring (bicyclic) bond motifs is 3. The second kappa shape index (κ2) is 8.88. The molecule has 0 radical (unpaired) electrons. The zero-order valence-electron chi connectivity index (χ0n) is 18.3. The predicted molar refractivity (Wildman–Crippen MR) is 130 cm³/mol. The van der Waals surface area contributed by atoms with E-state index in [1.165, 1.54) is 30.4 Å². The molecule has 1 fully saturated rings. The first-order chi connectivity index (χ1) is 16.0. The van der Waals surface area contributed by atoms with Crippen LogP contribution in [0.3, 0.4) is 0 Å². The van der Waals surface area contributed by atoms with Gasteiger partial charge in [-0.05, 0) is 61.2 Å². The third kappa shape index (κ3) is 4.19. The molecule has 0 bridgehead atoms. The Morgan fingerprint density at radius 2 is 1.91 bits per heavy atom. The Kier molecular flexibility index (Phi) is 5.78. The molecule has 3 N–H and O–H groups in total. The molecule has 3 heterocycles. The summed E-state index contributed by atoms with van der Waals surface area (Å²) in [6.45, 7) is 3.18. The molecule has 170 valence electrons. The Balaban J connectivity index is 1.50. The van der Waals surface area contributed by atoms with Crippen molar-refractivity contribution >= 4 is 39.8 Å². The lowest BCUT2D eigenvalue weighted by atomic mass is 10.1. The van der Waals surface area contributed by atoms with Crippen molar-refractivity contribution in [3.8, 4) is 5.75 Å². The Morgan fingerprint density at radius 1 is 1.09 bits per heavy atom. The standard InChI is InChI=1S/C24H24ClN5O3/c1-33-20-8-5-15(11-16(20)14-29-9-3-2-4-10-29)13-26-30-23(31)22-21(28-24(30)32)18-12-17(25)6-7-19(18)27-22/h5-8,11-13,27H,2-4,9-10,14H2,1H3,(H,28,32)/p+1/b26-13+. The number of aromatic nitrogens is 3. The minimum absolute atomic E-state index is 0.271. The van der Waals surface area contributed by atoms with Gasteiger partial charge in [0.2, 0.25) is 0 Å². The van der Waals surface area contributed by atoms with Crippen molar-refractivity contribution < 1.29 is 9.64 Å². The average molecular weight is 467 g/mol. The van der Waals surface area contributed by atoms with Crippen LogP contribution in [-0.2, 0) is 6.54 Å². The highest BCUT2D eigenvalue weighted by atomic mass is 35.5. The van der Waals surface area contributed by atoms with E-state index in [-0.39, 0.29) is 5.52 Å². The number of nitrogens with one attached hydrogen (secondary N) is 3. The lowest BCUT2D eigenvalue weighted by Gasteiger charge is -2.24. The Hall–Kier alpha value is -3.36. The second-order valence-electron chi connectivity index (χ2n) is 8.42. The molecule has 0 saturated carbocycles. The summed E-state index contributed by atoms with van der Waals surface area (Å²) in [6.07, 6.45) is 5.31. The molecule has 0 amide bonds. The lowest BCUT2D eigenvalue weighted by Crippen LogP contribution is -3.11. The number of aromatic amines is 2. The van der Waals surface area contributed by atoms with Crippen LogP contribution in [0, 0.1) is 0 Å². The van der Waals surface area contributed by atoms with Gasteiger partial charge in [-0.2, -0.15) is 5.10 Å². The monoisotopic (exact) mass is 466 g/mol. The molecule has 2 aromatic carbocycles. The van der Waals surface area contributed by atoms with E-state index in [2.05, 4.69) is 15.1 Å². The fraction of sp³-hybridized carbons (Fsp3) is 0.292. The van der Waals surface area contributed by atoms with E-state index < -0.39 is 11.2 Å². The quantitative estimate of drug-likeness (QED) is 0.394. The Labute approximate surface area is 194 Å². The van der Waals surface area contributed by atoms with Crippen molar-refractivity contribution in [3.05, 3.63) is 73.4 Å². The van der Waals surface area contributed by atoms with E-state index in [0.717, 1.165) is 41.2 Å². The first kappa shape index (κ1) is 21.5. The third-order valence-electron chi connectivity index (χ3n) is 6.22. The highest BCUT2D eigenvalue weighted by molar-refractivity contribution is 6.31. The largest absolute Gasteiger partial charge is 0.496 e. The molecule has 5 rings (SSSR count). The topological polar surface area (TPSA) is 96.7 Å². The van der Waals surface area contributed by atoms with Gasteiger partial charge in [0, 0.05) is 21.5 Å². The van der Waals surface area contributed by atoms with Crippen LogP contribution < -0.4 is 20.9 Å². The van der Waals surface area contributed by atoms with Crippen LogP contribution in [-0.4, -0.2) is 41.1 Å². The van der Waals surface area contributed by atoms with Crippen molar-refractivity contribution in [2.75, 3.05) is 20.2 Å². The highest BCUT2D eigenvalue weighted by Gasteiger charge is 2.17. The van der Waals surface area contributed by atoms with Gasteiger partial charge in [0.15, 0.2) is 0 Å². The second-order valence-corrected chi connectivity index (χ2v) is 8.85. The highest BCUT2D eigenvalue weighted by Crippen LogP contribution is 2.24. The van der Waals surface area contributed by atoms with Crippen LogP contribution in [0.2, 0.25) is 5.02 Å². The molecule has 0 aliphatic carbocycles. The van der Waals surface area contributed by atoms with Gasteiger partial charge >= 0.3 is 11.2 Å². The summed E-state index contributed by atoms with van der Waals surface area (Å²) in [7, 11) is 1.67. The number of hydrogen-bond donors (Lipinski definition) is 3. The summed E-state index contributed by atoms with van der Waals surface area (Å²) >= 11 is 6.08. The zero-order valence-corrected chi connectivity index (χ0v) is 19.0. The van der Waals surface area contributed by atoms with Crippen molar-refractivity contribution in [1.82, 2.24) is 14.6 Å². The minimum atomic E-state index is -0.615. The van der Waals surface area contributed by atoms with Crippen LogP contribution in [0.5, 0.6) is 5.75 Å². The first-order valence-electron chi connectivity index (χ1n) is 11.0. The summed E-state index contributed by atoms with van der Waals surface area (Å²) in [5.41, 5.74) is 2.14. The van der Waals surface area contributed by atoms with Crippen LogP contribution in [0.1, 0.15) is 30.4 Å². The Morgan fingerprint density at radius 3 is 2.70 bits per heavy atom. The SMILES string of the molecule is COc1ccc(/C=N/n2c(=O)[nH]c3c([nH]c4ccc(Cl)cc43)c2=O)cc1C[NH+]1CCCCC1. The van der Waals surface area contributed by atoms with E-state index in [0.29, 0.717) is 21.4 Å². The van der Waals surface area contributed by atoms with E-state index in [4.69, 9.17) is 16.3 Å². The van der Waals surface area contributed by atoms with E-state index in [9.17, 15) is 9.59 Å². The van der Waals surface area contributed by atoms with Crippen molar-refractivity contribution in [2.45, 2.75) is 25.8 Å². The number of H-pyrrole nitrogens is 2. The summed E-state index contributed by atoms with van der Waals surface area (Å²) in [5.74, 6) is 0.832. The van der Waals surface area contributed by atoms with E-state index in [1.54, 1.807) is 25.3 Å². The number of hydrogen-bond acceptors (Lipinski definition) is 4. The fourth-order valence-corrected chi connectivity index (χ4v) is 4.73. The number of likely N-dealkylation sites (tertiary alicyclic amines) is 1. The molecule has 2 aromatic heterocycles. The number of methoxy groups -OCH3 is 1. The molecule has 1 aliphatic rings. The molecular formula is C24H25ClN5O3+. The molecule has 9 heteroatoms. The molecule has 0 spiro atoms. The lowest BCUT2D eigenvalue weighted by molar-refractivity contribution is -0.918. The van der Waals surface area contributed by atoms with Gasteiger partial charge in [-0.15, -0.1) is 4.68 Å². The van der Waals surface area contributed by atoms with Crippen molar-refractivity contribution in [1.29, 1.82) is 0 Å². The Bertz CT molecular complexity index is 1480. The smallest absolute Gasteiger partial charge is 0.350 e. The maximum absolute atomic E-state index is 13.0. The zero-order chi connectivity index (χ0) is 22.9. The maximum atomic E-state index is 13.0. The summed E-state index contributed by atoms with van der Waals surface area (Å²) in [6, 6.07) is 11.0. The van der Waals surface area contributed by atoms with Crippen molar-refractivity contribution in [3.63, 3.8) is 0 Å². The number of quaternary nitrogens is 1. The minimum Gasteiger partial charge on any atom is -0.496 e. The molecular weight excluding hydrogens is 442 g/mol. The van der Waals surface area contributed by atoms with Gasteiger partial charge in [-0.3, -0.25) is 4.79 Å². The number of piperidine rings is 1. The predicted octanol–water partition coefficient (Wildman–Crippen LogP) is 2.28. The van der Waals surface area contributed by atoms with Gasteiger partial charge < -0.3 is 19.6 Å². The van der Waals surface area contributed by atoms with E-state index >= 15 is 0 Å². The maximum Gasteiger partial charge on any atom is 0.350 e. The molecule has 8 nitrogen and oxygen atoms in total. The number of halogens is 1. The molecule has 1 aliphatic heterocycles. The van der Waals surface area contributed by atoms with Gasteiger partial charge in [-0.25, -0.2) is 4.79 Å². The van der Waals surface area contributed by atoms with Crippen LogP contribution in [0.4, 0.5) is 0 Å². The first-order valence-corrected chi connectivity index (χ1v) is 11.4. The van der Waals surface area contributed by atoms with Crippen LogP contribution in [0.15, 0.2) is 51.1 Å². The molecule has 0 unspecified atom stereocenters. The molecule has 1 saturated heterocycles. The van der Waals surface area contributed by atoms with Gasteiger partial charge in [-0.1, -0.05) is 11.6 Å². The van der Waals surface area contributed by atoms with Crippen molar-refractivity contribution in [2.24, 2.45) is 5.10 Å². The average Bonchev–Trinajstić information content (AvgIpc) is 3.17. The number of benzene rings is 2. The van der Waals surface area contributed by atoms with Crippen LogP contribution >= 0.6 is 11.6 Å².